The maximum Gasteiger partial charge on any atom is 0.338 e. The lowest BCUT2D eigenvalue weighted by molar-refractivity contribution is -0.140. The second-order valence-electron chi connectivity index (χ2n) is 5.54. The van der Waals surface area contributed by atoms with Crippen LogP contribution >= 0.6 is 0 Å². The van der Waals surface area contributed by atoms with Gasteiger partial charge in [0.15, 0.2) is 0 Å². The van der Waals surface area contributed by atoms with Crippen molar-refractivity contribution in [3.8, 4) is 0 Å². The van der Waals surface area contributed by atoms with Crippen molar-refractivity contribution in [3.05, 3.63) is 59.3 Å². The number of hydrogen-bond acceptors (Lipinski definition) is 4. The molecule has 0 unspecified atom stereocenters. The molecule has 1 atom stereocenters. The molecule has 0 aliphatic carbocycles. The van der Waals surface area contributed by atoms with Crippen molar-refractivity contribution in [2.45, 2.75) is 13.0 Å². The van der Waals surface area contributed by atoms with Crippen molar-refractivity contribution in [1.82, 2.24) is 10.2 Å². The summed E-state index contributed by atoms with van der Waals surface area (Å²) >= 11 is 0. The number of esters is 1. The van der Waals surface area contributed by atoms with Gasteiger partial charge in [-0.1, -0.05) is 12.1 Å². The van der Waals surface area contributed by atoms with E-state index in [0.717, 1.165) is 12.1 Å². The summed E-state index contributed by atoms with van der Waals surface area (Å²) in [5.74, 6) is -2.54. The number of methoxy groups -OCH3 is 1. The van der Waals surface area contributed by atoms with Crippen molar-refractivity contribution < 1.29 is 27.8 Å². The predicted octanol–water partition coefficient (Wildman–Crippen LogP) is 2.68. The van der Waals surface area contributed by atoms with Gasteiger partial charge in [-0.25, -0.2) is 18.4 Å². The molecule has 0 saturated carbocycles. The van der Waals surface area contributed by atoms with Crippen LogP contribution in [-0.2, 0) is 14.3 Å². The number of amides is 2. The first-order valence-corrected chi connectivity index (χ1v) is 7.92. The van der Waals surface area contributed by atoms with Gasteiger partial charge in [0, 0.05) is 19.4 Å². The number of ether oxygens (including phenoxy) is 2. The standard InChI is InChI=1S/C18H20F2N2O4/c1-4-8-22-11(2)14(17(23)26-10-9-25-3)16(21-18(22)24)15-12(19)6-5-7-13(15)20/h4-7,16H,1,8-10H2,2-3H3,(H,21,24)/t16-/m0/s1. The van der Waals surface area contributed by atoms with Gasteiger partial charge in [-0.2, -0.15) is 0 Å². The first kappa shape index (κ1) is 19.6. The van der Waals surface area contributed by atoms with Gasteiger partial charge >= 0.3 is 12.0 Å². The number of urea groups is 1. The molecule has 2 amide bonds. The van der Waals surface area contributed by atoms with Crippen LogP contribution in [-0.4, -0.2) is 43.8 Å². The van der Waals surface area contributed by atoms with Gasteiger partial charge < -0.3 is 14.8 Å². The van der Waals surface area contributed by atoms with Crippen LogP contribution in [0, 0.1) is 11.6 Å². The molecule has 0 bridgehead atoms. The van der Waals surface area contributed by atoms with E-state index in [1.807, 2.05) is 0 Å². The number of rotatable bonds is 7. The number of benzene rings is 1. The first-order valence-electron chi connectivity index (χ1n) is 7.92. The molecule has 1 N–H and O–H groups in total. The summed E-state index contributed by atoms with van der Waals surface area (Å²) in [6.45, 7) is 5.33. The summed E-state index contributed by atoms with van der Waals surface area (Å²) < 4.78 is 38.5. The number of allylic oxidation sites excluding steroid dienone is 1. The highest BCUT2D eigenvalue weighted by molar-refractivity contribution is 5.95. The van der Waals surface area contributed by atoms with Crippen LogP contribution in [0.4, 0.5) is 13.6 Å². The molecule has 0 aromatic heterocycles. The first-order chi connectivity index (χ1) is 12.4. The third kappa shape index (κ3) is 3.91. The van der Waals surface area contributed by atoms with E-state index in [-0.39, 0.29) is 31.0 Å². The number of carbonyl (C=O) groups excluding carboxylic acids is 2. The molecule has 6 nitrogen and oxygen atoms in total. The highest BCUT2D eigenvalue weighted by atomic mass is 19.1. The summed E-state index contributed by atoms with van der Waals surface area (Å²) in [6, 6.07) is 1.42. The van der Waals surface area contributed by atoms with Crippen LogP contribution in [0.3, 0.4) is 0 Å². The minimum absolute atomic E-state index is 0.0337. The van der Waals surface area contributed by atoms with Crippen LogP contribution < -0.4 is 5.32 Å². The van der Waals surface area contributed by atoms with Crippen LogP contribution in [0.15, 0.2) is 42.1 Å². The average molecular weight is 366 g/mol. The summed E-state index contributed by atoms with van der Waals surface area (Å²) in [6.07, 6.45) is 1.47. The topological polar surface area (TPSA) is 67.9 Å². The fraction of sp³-hybridized carbons (Fsp3) is 0.333. The van der Waals surface area contributed by atoms with Crippen LogP contribution in [0.5, 0.6) is 0 Å². The van der Waals surface area contributed by atoms with Gasteiger partial charge in [0.25, 0.3) is 0 Å². The van der Waals surface area contributed by atoms with E-state index in [2.05, 4.69) is 11.9 Å². The van der Waals surface area contributed by atoms with Gasteiger partial charge in [-0.05, 0) is 19.1 Å². The van der Waals surface area contributed by atoms with Gasteiger partial charge in [0.05, 0.1) is 23.8 Å². The van der Waals surface area contributed by atoms with E-state index in [4.69, 9.17) is 9.47 Å². The number of hydrogen-bond donors (Lipinski definition) is 1. The van der Waals surface area contributed by atoms with E-state index < -0.39 is 35.2 Å². The lowest BCUT2D eigenvalue weighted by atomic mass is 9.94. The highest BCUT2D eigenvalue weighted by Crippen LogP contribution is 2.33. The molecule has 0 radical (unpaired) electrons. The molecule has 8 heteroatoms. The van der Waals surface area contributed by atoms with Crippen molar-refractivity contribution in [3.63, 3.8) is 0 Å². The molecule has 1 aliphatic rings. The number of halogens is 2. The van der Waals surface area contributed by atoms with Crippen molar-refractivity contribution in [2.75, 3.05) is 26.9 Å². The summed E-state index contributed by atoms with van der Waals surface area (Å²) in [7, 11) is 1.45. The van der Waals surface area contributed by atoms with Gasteiger partial charge in [0.2, 0.25) is 0 Å². The maximum atomic E-state index is 14.3. The lowest BCUT2D eigenvalue weighted by Gasteiger charge is -2.35. The molecule has 1 aliphatic heterocycles. The molecule has 1 aromatic rings. The molecule has 140 valence electrons. The van der Waals surface area contributed by atoms with E-state index in [9.17, 15) is 18.4 Å². The molecular formula is C18H20F2N2O4. The number of nitrogens with one attached hydrogen (secondary N) is 1. The molecule has 2 rings (SSSR count). The molecular weight excluding hydrogens is 346 g/mol. The Labute approximate surface area is 150 Å². The third-order valence-corrected chi connectivity index (χ3v) is 3.94. The fourth-order valence-corrected chi connectivity index (χ4v) is 2.69. The highest BCUT2D eigenvalue weighted by Gasteiger charge is 2.38. The Kier molecular flexibility index (Phi) is 6.46. The zero-order chi connectivity index (χ0) is 19.3. The fourth-order valence-electron chi connectivity index (χ4n) is 2.69. The summed E-state index contributed by atoms with van der Waals surface area (Å²) in [5, 5.41) is 2.47. The molecule has 1 heterocycles. The molecule has 1 aromatic carbocycles. The van der Waals surface area contributed by atoms with Crippen LogP contribution in [0.2, 0.25) is 0 Å². The Hall–Kier alpha value is -2.74. The number of nitrogens with zero attached hydrogens (tertiary/aromatic N) is 1. The molecule has 0 saturated heterocycles. The Morgan fingerprint density at radius 2 is 2.00 bits per heavy atom. The number of carbonyl (C=O) groups is 2. The van der Waals surface area contributed by atoms with Gasteiger partial charge in [-0.3, -0.25) is 4.90 Å². The van der Waals surface area contributed by atoms with Crippen LogP contribution in [0.1, 0.15) is 18.5 Å². The monoisotopic (exact) mass is 366 g/mol. The zero-order valence-corrected chi connectivity index (χ0v) is 14.6. The second-order valence-corrected chi connectivity index (χ2v) is 5.54. The predicted molar refractivity (Wildman–Crippen MR) is 90.1 cm³/mol. The van der Waals surface area contributed by atoms with Gasteiger partial charge in [0.1, 0.15) is 18.2 Å². The maximum absolute atomic E-state index is 14.3. The van der Waals surface area contributed by atoms with E-state index in [1.165, 1.54) is 31.1 Å². The zero-order valence-electron chi connectivity index (χ0n) is 14.6. The Morgan fingerprint density at radius 1 is 1.35 bits per heavy atom. The van der Waals surface area contributed by atoms with Crippen LogP contribution in [0.25, 0.3) is 0 Å². The quantitative estimate of drug-likeness (QED) is 0.458. The minimum atomic E-state index is -1.31. The smallest absolute Gasteiger partial charge is 0.338 e. The van der Waals surface area contributed by atoms with E-state index in [0.29, 0.717) is 0 Å². The second kappa shape index (κ2) is 8.57. The van der Waals surface area contributed by atoms with Crippen molar-refractivity contribution in [2.24, 2.45) is 0 Å². The van der Waals surface area contributed by atoms with Crippen molar-refractivity contribution >= 4 is 12.0 Å². The van der Waals surface area contributed by atoms with Crippen molar-refractivity contribution in [1.29, 1.82) is 0 Å². The molecule has 26 heavy (non-hydrogen) atoms. The Morgan fingerprint density at radius 3 is 2.58 bits per heavy atom. The van der Waals surface area contributed by atoms with Gasteiger partial charge in [-0.15, -0.1) is 6.58 Å². The molecule has 0 spiro atoms. The summed E-state index contributed by atoms with van der Waals surface area (Å²) in [5.41, 5.74) is -0.229. The Bertz CT molecular complexity index is 728. The average Bonchev–Trinajstić information content (AvgIpc) is 2.58. The van der Waals surface area contributed by atoms with E-state index >= 15 is 0 Å². The lowest BCUT2D eigenvalue weighted by Crippen LogP contribution is -2.48. The van der Waals surface area contributed by atoms with E-state index in [1.54, 1.807) is 0 Å². The Balaban J connectivity index is 2.52. The SMILES string of the molecule is C=CCN1C(=O)N[C@H](c2c(F)cccc2F)C(C(=O)OCCOC)=C1C. The largest absolute Gasteiger partial charge is 0.460 e. The molecule has 0 fully saturated rings. The minimum Gasteiger partial charge on any atom is -0.460 e. The third-order valence-electron chi connectivity index (χ3n) is 3.94. The summed E-state index contributed by atoms with van der Waals surface area (Å²) in [4.78, 5) is 26.2. The normalized spacial score (nSPS) is 17.2.